The molecule has 1 aliphatic carbocycles. The van der Waals surface area contributed by atoms with Gasteiger partial charge in [-0.2, -0.15) is 9.97 Å². The van der Waals surface area contributed by atoms with Crippen LogP contribution in [-0.4, -0.2) is 24.1 Å². The Morgan fingerprint density at radius 1 is 0.247 bits per heavy atom. The maximum Gasteiger partial charge on any atom is 0.238 e. The van der Waals surface area contributed by atoms with Gasteiger partial charge < -0.3 is 4.57 Å². The largest absolute Gasteiger partial charge is 0.309 e. The smallest absolute Gasteiger partial charge is 0.238 e. The summed E-state index contributed by atoms with van der Waals surface area (Å²) < 4.78 is 4.72. The fraction of sp³-hybridized carbons (Fsp3) is 0.0132. The zero-order chi connectivity index (χ0) is 53.4. The lowest BCUT2D eigenvalue weighted by Gasteiger charge is -2.17. The van der Waals surface area contributed by atoms with Crippen LogP contribution in [0.1, 0.15) is 11.1 Å². The van der Waals surface area contributed by atoms with Crippen molar-refractivity contribution in [1.29, 1.82) is 0 Å². The van der Waals surface area contributed by atoms with E-state index in [1.165, 1.54) is 77.5 Å². The topological polar surface area (TPSA) is 48.5 Å². The van der Waals surface area contributed by atoms with Crippen molar-refractivity contribution in [3.63, 3.8) is 0 Å². The maximum atomic E-state index is 5.28. The molecule has 16 rings (SSSR count). The first-order valence-corrected chi connectivity index (χ1v) is 27.7. The van der Waals surface area contributed by atoms with Crippen LogP contribution in [0.3, 0.4) is 0 Å². The van der Waals surface area contributed by atoms with E-state index in [0.717, 1.165) is 67.2 Å². The first-order chi connectivity index (χ1) is 40.2. The molecule has 0 unspecified atom stereocenters. The highest BCUT2D eigenvalue weighted by Crippen LogP contribution is 2.50. The van der Waals surface area contributed by atoms with Crippen molar-refractivity contribution in [2.24, 2.45) is 0 Å². The highest BCUT2D eigenvalue weighted by Gasteiger charge is 2.29. The lowest BCUT2D eigenvalue weighted by molar-refractivity contribution is 0.953. The fourth-order valence-corrected chi connectivity index (χ4v) is 12.7. The summed E-state index contributed by atoms with van der Waals surface area (Å²) in [6.45, 7) is 0. The molecular formula is C76H49N5. The lowest BCUT2D eigenvalue weighted by atomic mass is 9.89. The Labute approximate surface area is 469 Å². The average Bonchev–Trinajstić information content (AvgIpc) is 4.35. The summed E-state index contributed by atoms with van der Waals surface area (Å²) in [4.78, 5) is 15.6. The molecule has 15 aromatic rings. The molecule has 0 fully saturated rings. The van der Waals surface area contributed by atoms with Crippen LogP contribution >= 0.6 is 0 Å². The van der Waals surface area contributed by atoms with Crippen molar-refractivity contribution in [1.82, 2.24) is 24.1 Å². The van der Waals surface area contributed by atoms with Gasteiger partial charge in [0, 0.05) is 38.4 Å². The quantitative estimate of drug-likeness (QED) is 0.145. The number of nitrogens with zero attached hydrogens (tertiary/aromatic N) is 5. The summed E-state index contributed by atoms with van der Waals surface area (Å²) in [6.07, 6.45) is 0.803. The van der Waals surface area contributed by atoms with Crippen LogP contribution in [0.2, 0.25) is 0 Å². The van der Waals surface area contributed by atoms with E-state index in [0.29, 0.717) is 17.6 Å². The van der Waals surface area contributed by atoms with Crippen molar-refractivity contribution in [2.75, 3.05) is 0 Å². The number of hydrogen-bond acceptors (Lipinski definition) is 3. The summed E-state index contributed by atoms with van der Waals surface area (Å²) in [5.41, 5.74) is 24.5. The predicted octanol–water partition coefficient (Wildman–Crippen LogP) is 19.3. The first-order valence-electron chi connectivity index (χ1n) is 27.7. The average molecular weight is 1030 g/mol. The molecule has 0 atom stereocenters. The van der Waals surface area contributed by atoms with Gasteiger partial charge in [-0.1, -0.05) is 218 Å². The third kappa shape index (κ3) is 7.81. The molecule has 0 saturated carbocycles. The lowest BCUT2D eigenvalue weighted by Crippen LogP contribution is -2.06. The van der Waals surface area contributed by atoms with E-state index in [2.05, 4.69) is 258 Å². The Morgan fingerprint density at radius 2 is 0.605 bits per heavy atom. The molecule has 0 saturated heterocycles. The van der Waals surface area contributed by atoms with Gasteiger partial charge in [0.1, 0.15) is 0 Å². The molecule has 0 aliphatic heterocycles. The van der Waals surface area contributed by atoms with Gasteiger partial charge in [-0.15, -0.1) is 0 Å². The van der Waals surface area contributed by atoms with Crippen molar-refractivity contribution in [3.8, 4) is 101 Å². The molecule has 0 amide bonds. The van der Waals surface area contributed by atoms with Gasteiger partial charge >= 0.3 is 0 Å². The number of aromatic nitrogens is 5. The summed E-state index contributed by atoms with van der Waals surface area (Å²) in [5.74, 6) is 1.81. The molecule has 0 N–H and O–H groups in total. The fourth-order valence-electron chi connectivity index (χ4n) is 12.7. The summed E-state index contributed by atoms with van der Waals surface area (Å²) in [7, 11) is 0. The Bertz CT molecular complexity index is 4860. The second kappa shape index (κ2) is 19.0. The van der Waals surface area contributed by atoms with Gasteiger partial charge in [0.25, 0.3) is 0 Å². The Kier molecular flexibility index (Phi) is 10.9. The zero-order valence-electron chi connectivity index (χ0n) is 44.1. The normalized spacial score (nSPS) is 11.9. The first kappa shape index (κ1) is 46.4. The van der Waals surface area contributed by atoms with Gasteiger partial charge in [0.05, 0.1) is 22.1 Å². The standard InChI is InChI=1S/C76H49N5/c1-7-23-49(24-8-1)55-41-58(63-45-57(51-27-11-3-12-28-51)47-65-64-46-56(50-25-9-2-10-26-50)44-62(66(64)48-67(63)65)52-29-13-4-14-30-52)43-59(42-55)80-68-37-21-19-35-60(68)72-70(80)39-40-71-73(72)61-36-20-22-38-69(61)81(71)76-78-74(53-31-15-5-16-32-53)77-75(79-76)54-33-17-6-18-34-54/h1-47H,48H2. The minimum absolute atomic E-state index is 0.566. The van der Waals surface area contributed by atoms with Crippen LogP contribution in [0.5, 0.6) is 0 Å². The highest BCUT2D eigenvalue weighted by molar-refractivity contribution is 6.29. The zero-order valence-corrected chi connectivity index (χ0v) is 44.1. The molecule has 1 aliphatic rings. The minimum Gasteiger partial charge on any atom is -0.309 e. The molecule has 12 aromatic carbocycles. The van der Waals surface area contributed by atoms with Crippen molar-refractivity contribution in [3.05, 3.63) is 296 Å². The van der Waals surface area contributed by atoms with Crippen LogP contribution in [0.15, 0.2) is 285 Å². The van der Waals surface area contributed by atoms with Crippen LogP contribution in [0.25, 0.3) is 145 Å². The van der Waals surface area contributed by atoms with Gasteiger partial charge in [-0.05, 0) is 151 Å². The van der Waals surface area contributed by atoms with Crippen molar-refractivity contribution >= 4 is 43.6 Å². The summed E-state index contributed by atoms with van der Waals surface area (Å²) in [5, 5.41) is 4.62. The molecule has 3 heterocycles. The van der Waals surface area contributed by atoms with E-state index in [9.17, 15) is 0 Å². The highest BCUT2D eigenvalue weighted by atomic mass is 15.2. The SMILES string of the molecule is c1ccc(-c2cc(-c3cc(-c4ccccc4)cc4c3Cc3c(-c5ccccc5)cc(-c5ccccc5)cc3-4)cc(-n3c4ccccc4c4c5c6ccccc6n(-c6nc(-c7ccccc7)nc(-c7ccccc7)n6)c5ccc43)c2)cc1. The second-order valence-electron chi connectivity index (χ2n) is 21.1. The predicted molar refractivity (Wildman–Crippen MR) is 335 cm³/mol. The Balaban J connectivity index is 0.949. The monoisotopic (exact) mass is 1030 g/mol. The minimum atomic E-state index is 0.566. The van der Waals surface area contributed by atoms with E-state index in [1.807, 2.05) is 36.4 Å². The van der Waals surface area contributed by atoms with Gasteiger partial charge in [-0.3, -0.25) is 4.57 Å². The van der Waals surface area contributed by atoms with Gasteiger partial charge in [-0.25, -0.2) is 4.98 Å². The molecule has 0 spiro atoms. The molecule has 81 heavy (non-hydrogen) atoms. The Morgan fingerprint density at radius 3 is 1.09 bits per heavy atom. The number of hydrogen-bond donors (Lipinski definition) is 0. The van der Waals surface area contributed by atoms with Crippen LogP contribution < -0.4 is 0 Å². The summed E-state index contributed by atoms with van der Waals surface area (Å²) in [6, 6.07) is 103. The third-order valence-corrected chi connectivity index (χ3v) is 16.4. The molecule has 378 valence electrons. The molecular weight excluding hydrogens is 983 g/mol. The molecule has 0 bridgehead atoms. The van der Waals surface area contributed by atoms with Crippen LogP contribution in [0.4, 0.5) is 0 Å². The number of para-hydroxylation sites is 2. The van der Waals surface area contributed by atoms with E-state index in [1.54, 1.807) is 0 Å². The third-order valence-electron chi connectivity index (χ3n) is 16.4. The number of fused-ring (bicyclic) bond motifs is 10. The van der Waals surface area contributed by atoms with E-state index < -0.39 is 0 Å². The molecule has 5 nitrogen and oxygen atoms in total. The van der Waals surface area contributed by atoms with Crippen molar-refractivity contribution < 1.29 is 0 Å². The second-order valence-corrected chi connectivity index (χ2v) is 21.1. The van der Waals surface area contributed by atoms with Gasteiger partial charge in [0.15, 0.2) is 11.6 Å². The van der Waals surface area contributed by atoms with Crippen LogP contribution in [-0.2, 0) is 6.42 Å². The Hall–Kier alpha value is -10.8. The number of benzene rings is 12. The van der Waals surface area contributed by atoms with Crippen LogP contribution in [0, 0.1) is 0 Å². The molecule has 5 heteroatoms. The number of rotatable bonds is 9. The van der Waals surface area contributed by atoms with E-state index >= 15 is 0 Å². The molecule has 3 aromatic heterocycles. The van der Waals surface area contributed by atoms with E-state index in [4.69, 9.17) is 15.0 Å². The maximum absolute atomic E-state index is 5.28. The molecule has 0 radical (unpaired) electrons. The summed E-state index contributed by atoms with van der Waals surface area (Å²) >= 11 is 0. The van der Waals surface area contributed by atoms with Gasteiger partial charge in [0.2, 0.25) is 5.95 Å². The van der Waals surface area contributed by atoms with Crippen molar-refractivity contribution in [2.45, 2.75) is 6.42 Å². The van der Waals surface area contributed by atoms with E-state index in [-0.39, 0.29) is 0 Å².